The van der Waals surface area contributed by atoms with Crippen LogP contribution in [0.2, 0.25) is 0 Å². The zero-order valence-corrected chi connectivity index (χ0v) is 55.1. The van der Waals surface area contributed by atoms with E-state index in [9.17, 15) is 0 Å². The molecule has 0 atom stereocenters. The summed E-state index contributed by atoms with van der Waals surface area (Å²) in [5.74, 6) is 0. The third-order valence-corrected chi connectivity index (χ3v) is 18.7. The molecule has 0 amide bonds. The fraction of sp³-hybridized carbons (Fsp3) is 0.462. The summed E-state index contributed by atoms with van der Waals surface area (Å²) in [5.41, 5.74) is 19.3. The van der Waals surface area contributed by atoms with Crippen molar-refractivity contribution >= 4 is 47.8 Å². The fourth-order valence-corrected chi connectivity index (χ4v) is 13.1. The molecule has 0 bridgehead atoms. The molecule has 0 aliphatic carbocycles. The van der Waals surface area contributed by atoms with Gasteiger partial charge in [-0.15, -0.1) is 0 Å². The highest BCUT2D eigenvalue weighted by molar-refractivity contribution is 9.11. The minimum atomic E-state index is 1.08. The molecule has 0 saturated heterocycles. The Morgan fingerprint density at radius 1 is 0.185 bits per heavy atom. The van der Waals surface area contributed by atoms with Crippen molar-refractivity contribution in [2.45, 2.75) is 233 Å². The van der Waals surface area contributed by atoms with Crippen LogP contribution in [0.15, 0.2) is 159 Å². The number of benzene rings is 7. The monoisotopic (exact) mass is 1270 g/mol. The summed E-state index contributed by atoms with van der Waals surface area (Å²) in [5, 5.41) is 0. The lowest BCUT2D eigenvalue weighted by Crippen LogP contribution is -2.02. The van der Waals surface area contributed by atoms with Crippen molar-refractivity contribution in [2.24, 2.45) is 0 Å². The van der Waals surface area contributed by atoms with E-state index in [-0.39, 0.29) is 0 Å². The molecular formula is C78H99Br3. The van der Waals surface area contributed by atoms with Gasteiger partial charge in [0.05, 0.1) is 0 Å². The first-order valence-corrected chi connectivity index (χ1v) is 35.1. The van der Waals surface area contributed by atoms with Crippen LogP contribution in [0.3, 0.4) is 0 Å². The molecule has 0 spiro atoms. The Kier molecular flexibility index (Phi) is 29.7. The van der Waals surface area contributed by atoms with Crippen LogP contribution >= 0.6 is 47.8 Å². The molecule has 0 aromatic heterocycles. The zero-order chi connectivity index (χ0) is 56.7. The number of unbranched alkanes of at least 4 members (excludes halogenated alkanes) is 27. The standard InChI is InChI=1S/C78H99Br3/c1-4-7-10-13-16-19-22-25-28-31-34-61-37-43-64(44-38-61)73-74(65-45-39-62(40-46-65)35-32-29-26-23-20-17-14-11-8-5-2)77(68-51-57-71(80)58-52-68)78(69-53-59-72(81)60-54-69)75(76(73)67-49-55-70(79)56-50-67)66-47-41-63(42-48-66)36-33-30-27-24-21-18-15-12-9-6-3/h37-60H,4-36H2,1-3H3. The summed E-state index contributed by atoms with van der Waals surface area (Å²) in [7, 11) is 0. The van der Waals surface area contributed by atoms with Gasteiger partial charge in [0.15, 0.2) is 0 Å². The Balaban J connectivity index is 1.32. The molecular weight excluding hydrogens is 1180 g/mol. The molecule has 0 nitrogen and oxygen atoms in total. The van der Waals surface area contributed by atoms with Crippen LogP contribution in [0.25, 0.3) is 66.8 Å². The van der Waals surface area contributed by atoms with E-state index in [2.05, 4.69) is 214 Å². The lowest BCUT2D eigenvalue weighted by atomic mass is 9.74. The van der Waals surface area contributed by atoms with Gasteiger partial charge in [0.25, 0.3) is 0 Å². The van der Waals surface area contributed by atoms with Gasteiger partial charge in [0.1, 0.15) is 0 Å². The number of halogens is 3. The first kappa shape index (κ1) is 64.5. The molecule has 0 aliphatic heterocycles. The summed E-state index contributed by atoms with van der Waals surface area (Å²) >= 11 is 11.6. The summed E-state index contributed by atoms with van der Waals surface area (Å²) < 4.78 is 3.24. The SMILES string of the molecule is CCCCCCCCCCCCc1ccc(-c2c(-c3ccc(Br)cc3)c(-c3ccc(Br)cc3)c(-c3ccc(CCCCCCCCCCCC)cc3)c(-c3ccc(CCCCCCCCCCCC)cc3)c2-c2ccc(Br)cc2)cc1. The number of hydrogen-bond acceptors (Lipinski definition) is 0. The Morgan fingerprint density at radius 2 is 0.333 bits per heavy atom. The fourth-order valence-electron chi connectivity index (χ4n) is 12.3. The number of rotatable bonds is 39. The van der Waals surface area contributed by atoms with Crippen LogP contribution in [-0.4, -0.2) is 0 Å². The van der Waals surface area contributed by atoms with E-state index in [4.69, 9.17) is 0 Å². The minimum absolute atomic E-state index is 1.08. The molecule has 7 aromatic carbocycles. The van der Waals surface area contributed by atoms with Crippen molar-refractivity contribution in [1.82, 2.24) is 0 Å². The molecule has 7 aromatic rings. The maximum atomic E-state index is 3.86. The van der Waals surface area contributed by atoms with Crippen molar-refractivity contribution in [2.75, 3.05) is 0 Å². The van der Waals surface area contributed by atoms with Crippen molar-refractivity contribution in [3.63, 3.8) is 0 Å². The van der Waals surface area contributed by atoms with Crippen LogP contribution in [0, 0.1) is 0 Å². The van der Waals surface area contributed by atoms with Crippen molar-refractivity contribution < 1.29 is 0 Å². The molecule has 0 fully saturated rings. The Hall–Kier alpha value is -4.02. The molecule has 0 unspecified atom stereocenters. The lowest BCUT2D eigenvalue weighted by molar-refractivity contribution is 0.556. The molecule has 0 heterocycles. The van der Waals surface area contributed by atoms with Gasteiger partial charge in [-0.25, -0.2) is 0 Å². The maximum absolute atomic E-state index is 3.86. The molecule has 3 heteroatoms. The first-order chi connectivity index (χ1) is 39.9. The van der Waals surface area contributed by atoms with Crippen LogP contribution in [0.5, 0.6) is 0 Å². The van der Waals surface area contributed by atoms with E-state index in [1.165, 1.54) is 276 Å². The largest absolute Gasteiger partial charge is 0.0654 e. The van der Waals surface area contributed by atoms with Crippen LogP contribution < -0.4 is 0 Å². The van der Waals surface area contributed by atoms with Crippen LogP contribution in [0.1, 0.15) is 230 Å². The average molecular weight is 1280 g/mol. The van der Waals surface area contributed by atoms with Crippen molar-refractivity contribution in [1.29, 1.82) is 0 Å². The van der Waals surface area contributed by atoms with Gasteiger partial charge in [0.2, 0.25) is 0 Å². The number of aryl methyl sites for hydroxylation is 3. The maximum Gasteiger partial charge on any atom is 0.0175 e. The highest BCUT2D eigenvalue weighted by atomic mass is 79.9. The normalized spacial score (nSPS) is 11.5. The predicted octanol–water partition coefficient (Wildman–Crippen LogP) is 27.4. The average Bonchev–Trinajstić information content (AvgIpc) is 3.69. The smallest absolute Gasteiger partial charge is 0.0175 e. The van der Waals surface area contributed by atoms with Crippen molar-refractivity contribution in [3.05, 3.63) is 176 Å². The third-order valence-electron chi connectivity index (χ3n) is 17.1. The topological polar surface area (TPSA) is 0 Å². The Labute approximate surface area is 519 Å². The van der Waals surface area contributed by atoms with E-state index < -0.39 is 0 Å². The predicted molar refractivity (Wildman–Crippen MR) is 369 cm³/mol. The highest BCUT2D eigenvalue weighted by Gasteiger charge is 2.29. The lowest BCUT2D eigenvalue weighted by Gasteiger charge is -2.29. The van der Waals surface area contributed by atoms with E-state index in [1.54, 1.807) is 0 Å². The van der Waals surface area contributed by atoms with Gasteiger partial charge in [-0.2, -0.15) is 0 Å². The quantitative estimate of drug-likeness (QED) is 0.0337. The summed E-state index contributed by atoms with van der Waals surface area (Å²) in [6.45, 7) is 6.93. The van der Waals surface area contributed by atoms with E-state index >= 15 is 0 Å². The van der Waals surface area contributed by atoms with Crippen LogP contribution in [0.4, 0.5) is 0 Å². The summed E-state index contributed by atoms with van der Waals surface area (Å²) in [6.07, 6.45) is 44.0. The van der Waals surface area contributed by atoms with Gasteiger partial charge in [-0.3, -0.25) is 0 Å². The highest BCUT2D eigenvalue weighted by Crippen LogP contribution is 2.56. The molecule has 0 aliphatic rings. The van der Waals surface area contributed by atoms with Crippen molar-refractivity contribution in [3.8, 4) is 66.8 Å². The Bertz CT molecular complexity index is 2800. The van der Waals surface area contributed by atoms with Crippen LogP contribution in [-0.2, 0) is 19.3 Å². The molecule has 432 valence electrons. The first-order valence-electron chi connectivity index (χ1n) is 32.7. The molecule has 7 rings (SSSR count). The summed E-state index contributed by atoms with van der Waals surface area (Å²) in [6, 6.07) is 56.7. The molecule has 0 saturated carbocycles. The molecule has 81 heavy (non-hydrogen) atoms. The second-order valence-corrected chi connectivity index (χ2v) is 26.4. The zero-order valence-electron chi connectivity index (χ0n) is 50.3. The second-order valence-electron chi connectivity index (χ2n) is 23.7. The van der Waals surface area contributed by atoms with Gasteiger partial charge in [-0.05, 0) is 158 Å². The third kappa shape index (κ3) is 21.2. The molecule has 0 N–H and O–H groups in total. The second kappa shape index (κ2) is 37.3. The van der Waals surface area contributed by atoms with Gasteiger partial charge in [0, 0.05) is 13.4 Å². The van der Waals surface area contributed by atoms with E-state index in [0.29, 0.717) is 0 Å². The van der Waals surface area contributed by atoms with Gasteiger partial charge in [-0.1, -0.05) is 351 Å². The van der Waals surface area contributed by atoms with Gasteiger partial charge >= 0.3 is 0 Å². The molecule has 0 radical (unpaired) electrons. The summed E-state index contributed by atoms with van der Waals surface area (Å²) in [4.78, 5) is 0. The van der Waals surface area contributed by atoms with E-state index in [0.717, 1.165) is 32.7 Å². The Morgan fingerprint density at radius 3 is 0.506 bits per heavy atom. The van der Waals surface area contributed by atoms with Gasteiger partial charge < -0.3 is 0 Å². The minimum Gasteiger partial charge on any atom is -0.0654 e. The van der Waals surface area contributed by atoms with E-state index in [1.807, 2.05) is 0 Å². The number of hydrogen-bond donors (Lipinski definition) is 0.